The summed E-state index contributed by atoms with van der Waals surface area (Å²) >= 11 is 0. The van der Waals surface area contributed by atoms with Crippen LogP contribution in [0.5, 0.6) is 0 Å². The van der Waals surface area contributed by atoms with Crippen molar-refractivity contribution in [1.82, 2.24) is 24.6 Å². The van der Waals surface area contributed by atoms with E-state index in [1.54, 1.807) is 6.20 Å². The molecule has 5 rings (SSSR count). The molecule has 160 valence electrons. The maximum atomic E-state index is 13.9. The first-order chi connectivity index (χ1) is 15.1. The first kappa shape index (κ1) is 19.9. The maximum absolute atomic E-state index is 13.9. The van der Waals surface area contributed by atoms with Crippen molar-refractivity contribution in [2.45, 2.75) is 24.6 Å². The molecular formula is C24H27N5O2. The molecule has 7 heteroatoms. The van der Waals surface area contributed by atoms with Crippen LogP contribution in [-0.2, 0) is 29.7 Å². The summed E-state index contributed by atoms with van der Waals surface area (Å²) in [6.45, 7) is 3.79. The van der Waals surface area contributed by atoms with Crippen LogP contribution in [0.2, 0.25) is 0 Å². The number of hydrogen-bond acceptors (Lipinski definition) is 5. The van der Waals surface area contributed by atoms with Crippen molar-refractivity contribution in [3.8, 4) is 0 Å². The standard InChI is InChI=1S/C24H27N5O2/c1-27-14-20(12-26-27)15-28-17-22(21-8-5-9-25-13-21)24(18-28)23(30)29(10-11-31-24)16-19-6-3-2-4-7-19/h2-9,12-14,22H,10-11,15-18H2,1H3/t22-,24+/m0/s1. The van der Waals surface area contributed by atoms with Crippen molar-refractivity contribution in [1.29, 1.82) is 0 Å². The molecule has 0 saturated carbocycles. The summed E-state index contributed by atoms with van der Waals surface area (Å²) in [5, 5.41) is 4.29. The molecular weight excluding hydrogens is 390 g/mol. The lowest BCUT2D eigenvalue weighted by molar-refractivity contribution is -0.173. The van der Waals surface area contributed by atoms with Gasteiger partial charge in [0.25, 0.3) is 5.91 Å². The molecule has 2 atom stereocenters. The van der Waals surface area contributed by atoms with E-state index in [1.807, 2.05) is 59.5 Å². The van der Waals surface area contributed by atoms with Crippen molar-refractivity contribution in [3.05, 3.63) is 83.9 Å². The van der Waals surface area contributed by atoms with Gasteiger partial charge in [-0.3, -0.25) is 19.4 Å². The van der Waals surface area contributed by atoms with E-state index >= 15 is 0 Å². The summed E-state index contributed by atoms with van der Waals surface area (Å²) in [6.07, 6.45) is 7.54. The fraction of sp³-hybridized carbons (Fsp3) is 0.375. The number of rotatable bonds is 5. The molecule has 1 spiro atoms. The van der Waals surface area contributed by atoms with Crippen molar-refractivity contribution >= 4 is 5.91 Å². The minimum atomic E-state index is -0.891. The Morgan fingerprint density at radius 3 is 2.71 bits per heavy atom. The molecule has 4 heterocycles. The zero-order valence-electron chi connectivity index (χ0n) is 17.7. The van der Waals surface area contributed by atoms with Gasteiger partial charge in [0.2, 0.25) is 0 Å². The first-order valence-electron chi connectivity index (χ1n) is 10.7. The molecule has 1 aromatic carbocycles. The van der Waals surface area contributed by atoms with Gasteiger partial charge in [-0.2, -0.15) is 5.10 Å². The Hall–Kier alpha value is -3.03. The van der Waals surface area contributed by atoms with Crippen LogP contribution in [0, 0.1) is 0 Å². The molecule has 2 aliphatic heterocycles. The molecule has 7 nitrogen and oxygen atoms in total. The van der Waals surface area contributed by atoms with E-state index in [-0.39, 0.29) is 11.8 Å². The maximum Gasteiger partial charge on any atom is 0.257 e. The molecule has 0 N–H and O–H groups in total. The third kappa shape index (κ3) is 3.86. The SMILES string of the molecule is Cn1cc(CN2C[C@@H](c3cccnc3)[C@@]3(C2)OCCN(Cc2ccccc2)C3=O)cn1. The van der Waals surface area contributed by atoms with Crippen LogP contribution >= 0.6 is 0 Å². The summed E-state index contributed by atoms with van der Waals surface area (Å²) in [5.41, 5.74) is 2.43. The van der Waals surface area contributed by atoms with Gasteiger partial charge in [0.1, 0.15) is 0 Å². The van der Waals surface area contributed by atoms with Gasteiger partial charge < -0.3 is 9.64 Å². The number of aromatic nitrogens is 3. The van der Waals surface area contributed by atoms with E-state index in [0.717, 1.165) is 29.8 Å². The minimum Gasteiger partial charge on any atom is -0.361 e. The van der Waals surface area contributed by atoms with E-state index in [0.29, 0.717) is 26.2 Å². The second-order valence-electron chi connectivity index (χ2n) is 8.48. The number of aryl methyl sites for hydroxylation is 1. The predicted molar refractivity (Wildman–Crippen MR) is 116 cm³/mol. The van der Waals surface area contributed by atoms with E-state index in [4.69, 9.17) is 4.74 Å². The van der Waals surface area contributed by atoms with Gasteiger partial charge in [-0.15, -0.1) is 0 Å². The monoisotopic (exact) mass is 417 g/mol. The summed E-state index contributed by atoms with van der Waals surface area (Å²) in [5.74, 6) is 0.00841. The Bertz CT molecular complexity index is 1040. The Balaban J connectivity index is 1.44. The predicted octanol–water partition coefficient (Wildman–Crippen LogP) is 2.21. The Morgan fingerprint density at radius 1 is 1.10 bits per heavy atom. The number of pyridine rings is 1. The zero-order chi connectivity index (χ0) is 21.3. The normalized spacial score (nSPS) is 24.2. The lowest BCUT2D eigenvalue weighted by Gasteiger charge is -2.42. The number of carbonyl (C=O) groups excluding carboxylic acids is 1. The molecule has 1 amide bonds. The van der Waals surface area contributed by atoms with Gasteiger partial charge >= 0.3 is 0 Å². The average molecular weight is 418 g/mol. The molecule has 0 unspecified atom stereocenters. The number of amides is 1. The van der Waals surface area contributed by atoms with Crippen LogP contribution in [0.25, 0.3) is 0 Å². The largest absolute Gasteiger partial charge is 0.361 e. The lowest BCUT2D eigenvalue weighted by atomic mass is 9.83. The summed E-state index contributed by atoms with van der Waals surface area (Å²) in [6, 6.07) is 14.1. The van der Waals surface area contributed by atoms with Crippen LogP contribution < -0.4 is 0 Å². The van der Waals surface area contributed by atoms with Gasteiger partial charge in [-0.05, 0) is 17.2 Å². The fourth-order valence-electron chi connectivity index (χ4n) is 4.89. The van der Waals surface area contributed by atoms with Crippen LogP contribution in [0.3, 0.4) is 0 Å². The Morgan fingerprint density at radius 2 is 1.97 bits per heavy atom. The van der Waals surface area contributed by atoms with Crippen LogP contribution in [0.15, 0.2) is 67.3 Å². The van der Waals surface area contributed by atoms with Gasteiger partial charge in [0.15, 0.2) is 5.60 Å². The third-order valence-corrected chi connectivity index (χ3v) is 6.30. The molecule has 0 radical (unpaired) electrons. The first-order valence-corrected chi connectivity index (χ1v) is 10.7. The fourth-order valence-corrected chi connectivity index (χ4v) is 4.89. The van der Waals surface area contributed by atoms with E-state index in [2.05, 4.69) is 33.2 Å². The molecule has 31 heavy (non-hydrogen) atoms. The highest BCUT2D eigenvalue weighted by Gasteiger charge is 2.57. The van der Waals surface area contributed by atoms with E-state index in [1.165, 1.54) is 0 Å². The highest BCUT2D eigenvalue weighted by molar-refractivity contribution is 5.88. The third-order valence-electron chi connectivity index (χ3n) is 6.30. The minimum absolute atomic E-state index is 0.0658. The Kier molecular flexibility index (Phi) is 5.29. The quantitative estimate of drug-likeness (QED) is 0.637. The summed E-state index contributed by atoms with van der Waals surface area (Å²) in [7, 11) is 1.92. The molecule has 3 aromatic rings. The highest BCUT2D eigenvalue weighted by Crippen LogP contribution is 2.42. The van der Waals surface area contributed by atoms with E-state index < -0.39 is 5.60 Å². The van der Waals surface area contributed by atoms with Gasteiger partial charge in [-0.1, -0.05) is 36.4 Å². The van der Waals surface area contributed by atoms with E-state index in [9.17, 15) is 4.79 Å². The molecule has 2 saturated heterocycles. The van der Waals surface area contributed by atoms with Crippen molar-refractivity contribution < 1.29 is 9.53 Å². The molecule has 2 aliphatic rings. The van der Waals surface area contributed by atoms with Crippen LogP contribution in [0.4, 0.5) is 0 Å². The number of carbonyl (C=O) groups is 1. The highest BCUT2D eigenvalue weighted by atomic mass is 16.5. The number of likely N-dealkylation sites (tertiary alicyclic amines) is 1. The van der Waals surface area contributed by atoms with Crippen LogP contribution in [-0.4, -0.2) is 62.3 Å². The average Bonchev–Trinajstić information content (AvgIpc) is 3.37. The van der Waals surface area contributed by atoms with Gasteiger partial charge in [0, 0.05) is 69.8 Å². The molecule has 2 fully saturated rings. The zero-order valence-corrected chi connectivity index (χ0v) is 17.7. The molecule has 0 aliphatic carbocycles. The van der Waals surface area contributed by atoms with Gasteiger partial charge in [-0.25, -0.2) is 0 Å². The van der Waals surface area contributed by atoms with Crippen molar-refractivity contribution in [2.24, 2.45) is 7.05 Å². The number of ether oxygens (including phenoxy) is 1. The molecule has 2 aromatic heterocycles. The smallest absolute Gasteiger partial charge is 0.257 e. The number of hydrogen-bond donors (Lipinski definition) is 0. The van der Waals surface area contributed by atoms with Gasteiger partial charge in [0.05, 0.1) is 12.8 Å². The number of benzene rings is 1. The number of nitrogens with zero attached hydrogens (tertiary/aromatic N) is 5. The lowest BCUT2D eigenvalue weighted by Crippen LogP contribution is -2.59. The Labute approximate surface area is 182 Å². The topological polar surface area (TPSA) is 63.5 Å². The van der Waals surface area contributed by atoms with Crippen molar-refractivity contribution in [3.63, 3.8) is 0 Å². The van der Waals surface area contributed by atoms with Crippen molar-refractivity contribution in [2.75, 3.05) is 26.2 Å². The summed E-state index contributed by atoms with van der Waals surface area (Å²) < 4.78 is 8.17. The number of morpholine rings is 1. The summed E-state index contributed by atoms with van der Waals surface area (Å²) in [4.78, 5) is 22.5. The second kappa shape index (κ2) is 8.24. The second-order valence-corrected chi connectivity index (χ2v) is 8.48. The molecule has 0 bridgehead atoms. The van der Waals surface area contributed by atoms with Crippen LogP contribution in [0.1, 0.15) is 22.6 Å².